The molecule has 0 aliphatic rings. The summed E-state index contributed by atoms with van der Waals surface area (Å²) >= 11 is 3.43. The Balaban J connectivity index is 1.71. The molecular weight excluding hydrogens is 409 g/mol. The number of hydrogen-bond acceptors (Lipinski definition) is 4. The van der Waals surface area contributed by atoms with Gasteiger partial charge in [-0.2, -0.15) is 0 Å². The lowest BCUT2D eigenvalue weighted by Gasteiger charge is -2.17. The summed E-state index contributed by atoms with van der Waals surface area (Å²) < 4.78 is 20.9. The quantitative estimate of drug-likeness (QED) is 0.437. The first-order valence-electron chi connectivity index (χ1n) is 8.36. The van der Waals surface area contributed by atoms with Crippen LogP contribution < -0.4 is 5.32 Å². The zero-order chi connectivity index (χ0) is 18.6. The van der Waals surface area contributed by atoms with Gasteiger partial charge in [-0.1, -0.05) is 58.4 Å². The smallest absolute Gasteiger partial charge is 0.250 e. The van der Waals surface area contributed by atoms with Crippen molar-refractivity contribution in [2.24, 2.45) is 0 Å². The zero-order valence-corrected chi connectivity index (χ0v) is 15.7. The molecule has 0 aliphatic carbocycles. The van der Waals surface area contributed by atoms with Crippen LogP contribution in [0.4, 0.5) is 10.1 Å². The Morgan fingerprint density at radius 1 is 0.852 bits per heavy atom. The number of halogens is 2. The van der Waals surface area contributed by atoms with Crippen molar-refractivity contribution < 1.29 is 8.81 Å². The summed E-state index contributed by atoms with van der Waals surface area (Å²) in [5.74, 6) is 0.119. The van der Waals surface area contributed by atoms with E-state index in [1.54, 1.807) is 18.2 Å². The van der Waals surface area contributed by atoms with E-state index in [0.29, 0.717) is 5.89 Å². The highest BCUT2D eigenvalue weighted by molar-refractivity contribution is 9.10. The second-order valence-corrected chi connectivity index (χ2v) is 6.84. The molecule has 4 nitrogen and oxygen atoms in total. The molecule has 6 heteroatoms. The molecule has 0 amide bonds. The Kier molecular flexibility index (Phi) is 4.98. The molecule has 134 valence electrons. The first-order chi connectivity index (χ1) is 13.2. The average Bonchev–Trinajstić information content (AvgIpc) is 3.18. The molecule has 0 spiro atoms. The molecule has 0 bridgehead atoms. The second kappa shape index (κ2) is 7.72. The van der Waals surface area contributed by atoms with Crippen LogP contribution in [0.2, 0.25) is 0 Å². The Labute approximate surface area is 164 Å². The Hall–Kier alpha value is -2.99. The van der Waals surface area contributed by atoms with Crippen LogP contribution in [0.15, 0.2) is 87.8 Å². The van der Waals surface area contributed by atoms with Crippen LogP contribution >= 0.6 is 15.9 Å². The van der Waals surface area contributed by atoms with Crippen LogP contribution in [-0.2, 0) is 0 Å². The van der Waals surface area contributed by atoms with Gasteiger partial charge in [0, 0.05) is 10.2 Å². The number of rotatable bonds is 5. The molecule has 0 unspecified atom stereocenters. The number of aromatic nitrogens is 2. The van der Waals surface area contributed by atoms with E-state index < -0.39 is 5.82 Å². The Morgan fingerprint density at radius 3 is 2.30 bits per heavy atom. The van der Waals surface area contributed by atoms with E-state index in [0.717, 1.165) is 15.7 Å². The second-order valence-electron chi connectivity index (χ2n) is 5.92. The minimum atomic E-state index is -0.398. The molecule has 0 saturated heterocycles. The molecule has 4 rings (SSSR count). The normalized spacial score (nSPS) is 11.9. The number of nitrogens with zero attached hydrogens (tertiary/aromatic N) is 2. The van der Waals surface area contributed by atoms with Gasteiger partial charge in [-0.05, 0) is 42.0 Å². The number of hydrogen-bond donors (Lipinski definition) is 1. The molecular formula is C21H15BrFN3O. The third-order valence-electron chi connectivity index (χ3n) is 4.08. The van der Waals surface area contributed by atoms with Gasteiger partial charge >= 0.3 is 0 Å². The van der Waals surface area contributed by atoms with Crippen molar-refractivity contribution in [1.29, 1.82) is 0 Å². The van der Waals surface area contributed by atoms with Crippen LogP contribution in [0.25, 0.3) is 11.5 Å². The number of benzene rings is 3. The number of anilines is 1. The van der Waals surface area contributed by atoms with Crippen molar-refractivity contribution in [3.8, 4) is 11.5 Å². The van der Waals surface area contributed by atoms with Gasteiger partial charge in [0.1, 0.15) is 11.9 Å². The maximum absolute atomic E-state index is 14.0. The fourth-order valence-corrected chi connectivity index (χ4v) is 3.00. The van der Waals surface area contributed by atoms with E-state index in [4.69, 9.17) is 4.42 Å². The predicted octanol–water partition coefficient (Wildman–Crippen LogP) is 5.84. The molecule has 1 heterocycles. The van der Waals surface area contributed by atoms with Crippen LogP contribution in [0.3, 0.4) is 0 Å². The molecule has 0 saturated carbocycles. The lowest BCUT2D eigenvalue weighted by molar-refractivity contribution is 0.490. The highest BCUT2D eigenvalue weighted by Gasteiger charge is 2.22. The lowest BCUT2D eigenvalue weighted by atomic mass is 10.1. The first-order valence-corrected chi connectivity index (χ1v) is 9.15. The third-order valence-corrected chi connectivity index (χ3v) is 4.61. The number of nitrogens with one attached hydrogen (secondary N) is 1. The fraction of sp³-hybridized carbons (Fsp3) is 0.0476. The van der Waals surface area contributed by atoms with Gasteiger partial charge in [0.2, 0.25) is 5.89 Å². The van der Waals surface area contributed by atoms with E-state index in [9.17, 15) is 4.39 Å². The molecule has 1 atom stereocenters. The largest absolute Gasteiger partial charge is 0.418 e. The van der Waals surface area contributed by atoms with Crippen LogP contribution in [0, 0.1) is 5.82 Å². The first kappa shape index (κ1) is 17.4. The van der Waals surface area contributed by atoms with Gasteiger partial charge in [0.25, 0.3) is 5.89 Å². The summed E-state index contributed by atoms with van der Waals surface area (Å²) in [6, 6.07) is 23.6. The molecule has 4 aromatic rings. The van der Waals surface area contributed by atoms with Gasteiger partial charge in [-0.25, -0.2) is 4.39 Å². The molecule has 3 aromatic carbocycles. The van der Waals surface area contributed by atoms with Crippen LogP contribution in [0.1, 0.15) is 17.5 Å². The molecule has 0 radical (unpaired) electrons. The summed E-state index contributed by atoms with van der Waals surface area (Å²) in [5.41, 5.74) is 2.15. The summed E-state index contributed by atoms with van der Waals surface area (Å²) in [6.45, 7) is 0. The SMILES string of the molecule is Fc1ccccc1-c1nnc([C@H](Nc2ccc(Br)cc2)c2ccccc2)o1. The third kappa shape index (κ3) is 3.90. The molecule has 0 fully saturated rings. The van der Waals surface area contributed by atoms with Gasteiger partial charge in [0.15, 0.2) is 0 Å². The Bertz CT molecular complexity index is 1030. The Morgan fingerprint density at radius 2 is 1.56 bits per heavy atom. The minimum absolute atomic E-state index is 0.154. The summed E-state index contributed by atoms with van der Waals surface area (Å²) in [7, 11) is 0. The van der Waals surface area contributed by atoms with Crippen molar-refractivity contribution in [3.63, 3.8) is 0 Å². The molecule has 0 aliphatic heterocycles. The highest BCUT2D eigenvalue weighted by Crippen LogP contribution is 2.29. The maximum Gasteiger partial charge on any atom is 0.250 e. The highest BCUT2D eigenvalue weighted by atomic mass is 79.9. The molecule has 27 heavy (non-hydrogen) atoms. The topological polar surface area (TPSA) is 51.0 Å². The van der Waals surface area contributed by atoms with Crippen molar-refractivity contribution in [1.82, 2.24) is 10.2 Å². The van der Waals surface area contributed by atoms with E-state index in [1.807, 2.05) is 54.6 Å². The standard InChI is InChI=1S/C21H15BrFN3O/c22-15-10-12-16(13-11-15)24-19(14-6-2-1-3-7-14)21-26-25-20(27-21)17-8-4-5-9-18(17)23/h1-13,19,24H/t19-/m1/s1. The summed E-state index contributed by atoms with van der Waals surface area (Å²) in [4.78, 5) is 0. The van der Waals surface area contributed by atoms with Crippen molar-refractivity contribution in [3.05, 3.63) is 101 Å². The van der Waals surface area contributed by atoms with E-state index in [2.05, 4.69) is 31.4 Å². The van der Waals surface area contributed by atoms with Gasteiger partial charge in [0.05, 0.1) is 5.56 Å². The van der Waals surface area contributed by atoms with Gasteiger partial charge in [-0.15, -0.1) is 10.2 Å². The van der Waals surface area contributed by atoms with Crippen molar-refractivity contribution >= 4 is 21.6 Å². The van der Waals surface area contributed by atoms with E-state index >= 15 is 0 Å². The zero-order valence-electron chi connectivity index (χ0n) is 14.1. The van der Waals surface area contributed by atoms with Crippen molar-refractivity contribution in [2.45, 2.75) is 6.04 Å². The van der Waals surface area contributed by atoms with Crippen LogP contribution in [-0.4, -0.2) is 10.2 Å². The maximum atomic E-state index is 14.0. The summed E-state index contributed by atoms with van der Waals surface area (Å²) in [5, 5.41) is 11.6. The minimum Gasteiger partial charge on any atom is -0.418 e. The lowest BCUT2D eigenvalue weighted by Crippen LogP contribution is -2.12. The predicted molar refractivity (Wildman–Crippen MR) is 106 cm³/mol. The summed E-state index contributed by atoms with van der Waals surface area (Å²) in [6.07, 6.45) is 0. The fourth-order valence-electron chi connectivity index (χ4n) is 2.74. The molecule has 1 aromatic heterocycles. The van der Waals surface area contributed by atoms with E-state index in [1.165, 1.54) is 6.07 Å². The van der Waals surface area contributed by atoms with Gasteiger partial charge in [-0.3, -0.25) is 0 Å². The van der Waals surface area contributed by atoms with Crippen molar-refractivity contribution in [2.75, 3.05) is 5.32 Å². The van der Waals surface area contributed by atoms with Gasteiger partial charge < -0.3 is 9.73 Å². The molecule has 1 N–H and O–H groups in total. The van der Waals surface area contributed by atoms with Crippen LogP contribution in [0.5, 0.6) is 0 Å². The monoisotopic (exact) mass is 423 g/mol. The average molecular weight is 424 g/mol. The van der Waals surface area contributed by atoms with E-state index in [-0.39, 0.29) is 17.5 Å².